The van der Waals surface area contributed by atoms with E-state index in [1.165, 1.54) is 4.57 Å². The number of anilines is 1. The van der Waals surface area contributed by atoms with Crippen LogP contribution in [0.1, 0.15) is 17.7 Å². The fourth-order valence-electron chi connectivity index (χ4n) is 3.51. The highest BCUT2D eigenvalue weighted by Crippen LogP contribution is 2.28. The van der Waals surface area contributed by atoms with Gasteiger partial charge in [0.15, 0.2) is 0 Å². The Balaban J connectivity index is 1.64. The molecule has 1 aromatic carbocycles. The van der Waals surface area contributed by atoms with Crippen molar-refractivity contribution in [3.05, 3.63) is 46.0 Å². The van der Waals surface area contributed by atoms with Crippen molar-refractivity contribution >= 4 is 22.8 Å². The Morgan fingerprint density at radius 1 is 1.21 bits per heavy atom. The lowest BCUT2D eigenvalue weighted by molar-refractivity contribution is -0.116. The zero-order valence-corrected chi connectivity index (χ0v) is 13.7. The third-order valence-corrected chi connectivity index (χ3v) is 4.68. The maximum absolute atomic E-state index is 12.5. The molecule has 4 rings (SSSR count). The first kappa shape index (κ1) is 14.7. The van der Waals surface area contributed by atoms with Crippen molar-refractivity contribution in [3.8, 4) is 0 Å². The Hall–Kier alpha value is -2.83. The molecule has 0 bridgehead atoms. The zero-order chi connectivity index (χ0) is 16.8. The summed E-state index contributed by atoms with van der Waals surface area (Å²) < 4.78 is 4.78. The zero-order valence-electron chi connectivity index (χ0n) is 13.7. The van der Waals surface area contributed by atoms with E-state index < -0.39 is 0 Å². The second kappa shape index (κ2) is 5.36. The number of hydrogen-bond acceptors (Lipinski definition) is 3. The number of carbonyl (C=O) groups is 1. The van der Waals surface area contributed by atoms with E-state index >= 15 is 0 Å². The fraction of sp³-hybridized carbons (Fsp3) is 0.353. The van der Waals surface area contributed by atoms with E-state index in [-0.39, 0.29) is 18.1 Å². The molecule has 2 heterocycles. The molecular weight excluding hydrogens is 306 g/mol. The highest BCUT2D eigenvalue weighted by Gasteiger charge is 2.22. The van der Waals surface area contributed by atoms with E-state index in [4.69, 9.17) is 0 Å². The minimum atomic E-state index is -0.217. The number of hydrogen-bond donors (Lipinski definition) is 1. The first-order valence-electron chi connectivity index (χ1n) is 8.05. The van der Waals surface area contributed by atoms with Crippen LogP contribution < -0.4 is 11.0 Å². The van der Waals surface area contributed by atoms with Gasteiger partial charge < -0.3 is 5.32 Å². The molecule has 0 radical (unpaired) electrons. The number of aryl methyl sites for hydroxylation is 3. The van der Waals surface area contributed by atoms with Gasteiger partial charge in [-0.3, -0.25) is 18.6 Å². The van der Waals surface area contributed by atoms with Crippen LogP contribution in [0.4, 0.5) is 5.82 Å². The van der Waals surface area contributed by atoms with Gasteiger partial charge in [0.2, 0.25) is 5.91 Å². The molecule has 3 aromatic rings. The van der Waals surface area contributed by atoms with Crippen LogP contribution in [-0.4, -0.2) is 24.8 Å². The van der Waals surface area contributed by atoms with Gasteiger partial charge in [-0.2, -0.15) is 5.10 Å². The van der Waals surface area contributed by atoms with E-state index in [2.05, 4.69) is 10.4 Å². The molecule has 0 atom stereocenters. The largest absolute Gasteiger partial charge is 0.329 e. The fourth-order valence-corrected chi connectivity index (χ4v) is 3.51. The molecule has 0 saturated heterocycles. The van der Waals surface area contributed by atoms with Crippen LogP contribution in [0.5, 0.6) is 0 Å². The summed E-state index contributed by atoms with van der Waals surface area (Å²) in [5.41, 5.74) is 3.57. The summed E-state index contributed by atoms with van der Waals surface area (Å²) in [4.78, 5) is 24.9. The molecule has 2 aromatic heterocycles. The molecule has 1 aliphatic rings. The molecule has 1 N–H and O–H groups in total. The second-order valence-electron chi connectivity index (χ2n) is 6.22. The molecule has 0 unspecified atom stereocenters. The van der Waals surface area contributed by atoms with Gasteiger partial charge in [0.1, 0.15) is 12.4 Å². The normalized spacial score (nSPS) is 13.4. The first-order chi connectivity index (χ1) is 11.6. The van der Waals surface area contributed by atoms with Gasteiger partial charge in [-0.05, 0) is 31.4 Å². The van der Waals surface area contributed by atoms with E-state index in [1.807, 2.05) is 31.3 Å². The third-order valence-electron chi connectivity index (χ3n) is 4.68. The first-order valence-corrected chi connectivity index (χ1v) is 8.05. The Morgan fingerprint density at radius 2 is 1.96 bits per heavy atom. The SMILES string of the molecule is Cn1nc2c(c1NC(=O)Cn1c(=O)n(C)c3ccccc31)CCC2. The van der Waals surface area contributed by atoms with Crippen molar-refractivity contribution in [3.63, 3.8) is 0 Å². The van der Waals surface area contributed by atoms with Crippen LogP contribution in [0.25, 0.3) is 11.0 Å². The number of nitrogens with one attached hydrogen (secondary N) is 1. The molecule has 1 aliphatic carbocycles. The second-order valence-corrected chi connectivity index (χ2v) is 6.22. The summed E-state index contributed by atoms with van der Waals surface area (Å²) in [6.07, 6.45) is 2.97. The molecule has 124 valence electrons. The van der Waals surface area contributed by atoms with Gasteiger partial charge in [-0.1, -0.05) is 12.1 Å². The smallest absolute Gasteiger partial charge is 0.309 e. The molecule has 0 aliphatic heterocycles. The summed E-state index contributed by atoms with van der Waals surface area (Å²) in [6, 6.07) is 7.47. The minimum Gasteiger partial charge on any atom is -0.309 e. The van der Waals surface area contributed by atoms with Crippen molar-refractivity contribution in [2.75, 3.05) is 5.32 Å². The number of fused-ring (bicyclic) bond motifs is 2. The lowest BCUT2D eigenvalue weighted by atomic mass is 10.2. The van der Waals surface area contributed by atoms with Crippen LogP contribution in [0, 0.1) is 0 Å². The van der Waals surface area contributed by atoms with Crippen LogP contribution in [0.3, 0.4) is 0 Å². The Morgan fingerprint density at radius 3 is 2.75 bits per heavy atom. The average Bonchev–Trinajstić information content (AvgIpc) is 3.20. The summed E-state index contributed by atoms with van der Waals surface area (Å²) in [5, 5.41) is 7.38. The van der Waals surface area contributed by atoms with Gasteiger partial charge in [-0.25, -0.2) is 4.79 Å². The van der Waals surface area contributed by atoms with Crippen molar-refractivity contribution in [1.82, 2.24) is 18.9 Å². The van der Waals surface area contributed by atoms with Crippen LogP contribution in [0.2, 0.25) is 0 Å². The van der Waals surface area contributed by atoms with E-state index in [1.54, 1.807) is 16.3 Å². The Bertz CT molecular complexity index is 1010. The molecule has 0 fully saturated rings. The highest BCUT2D eigenvalue weighted by molar-refractivity contribution is 5.91. The van der Waals surface area contributed by atoms with Gasteiger partial charge >= 0.3 is 5.69 Å². The monoisotopic (exact) mass is 325 g/mol. The van der Waals surface area contributed by atoms with E-state index in [0.717, 1.165) is 47.4 Å². The number of imidazole rings is 1. The Labute approximate surface area is 138 Å². The summed E-state index contributed by atoms with van der Waals surface area (Å²) in [7, 11) is 3.55. The van der Waals surface area contributed by atoms with Crippen LogP contribution in [-0.2, 0) is 38.3 Å². The number of nitrogens with zero attached hydrogens (tertiary/aromatic N) is 4. The maximum atomic E-state index is 12.5. The van der Waals surface area contributed by atoms with Gasteiger partial charge in [0, 0.05) is 19.7 Å². The average molecular weight is 325 g/mol. The van der Waals surface area contributed by atoms with Gasteiger partial charge in [0.05, 0.1) is 16.7 Å². The minimum absolute atomic E-state index is 0.0138. The topological polar surface area (TPSA) is 73.8 Å². The van der Waals surface area contributed by atoms with Crippen molar-refractivity contribution in [1.29, 1.82) is 0 Å². The molecule has 7 nitrogen and oxygen atoms in total. The number of para-hydroxylation sites is 2. The maximum Gasteiger partial charge on any atom is 0.329 e. The summed E-state index contributed by atoms with van der Waals surface area (Å²) >= 11 is 0. The quantitative estimate of drug-likeness (QED) is 0.786. The molecule has 24 heavy (non-hydrogen) atoms. The highest BCUT2D eigenvalue weighted by atomic mass is 16.2. The Kier molecular flexibility index (Phi) is 3.30. The van der Waals surface area contributed by atoms with Crippen LogP contribution >= 0.6 is 0 Å². The van der Waals surface area contributed by atoms with Crippen LogP contribution in [0.15, 0.2) is 29.1 Å². The number of amides is 1. The molecule has 7 heteroatoms. The van der Waals surface area contributed by atoms with E-state index in [9.17, 15) is 9.59 Å². The predicted molar refractivity (Wildman–Crippen MR) is 91.0 cm³/mol. The molecule has 1 amide bonds. The summed E-state index contributed by atoms with van der Waals surface area (Å²) in [6.45, 7) is -0.0138. The molecular formula is C17H19N5O2. The summed E-state index contributed by atoms with van der Waals surface area (Å²) in [5.74, 6) is 0.534. The predicted octanol–water partition coefficient (Wildman–Crippen LogP) is 1.20. The number of aromatic nitrogens is 4. The molecule has 0 saturated carbocycles. The number of benzene rings is 1. The lowest BCUT2D eigenvalue weighted by Gasteiger charge is -2.08. The van der Waals surface area contributed by atoms with Gasteiger partial charge in [0.25, 0.3) is 0 Å². The third kappa shape index (κ3) is 2.16. The van der Waals surface area contributed by atoms with E-state index in [0.29, 0.717) is 0 Å². The van der Waals surface area contributed by atoms with Crippen molar-refractivity contribution < 1.29 is 4.79 Å². The number of carbonyl (C=O) groups excluding carboxylic acids is 1. The van der Waals surface area contributed by atoms with Crippen molar-refractivity contribution in [2.45, 2.75) is 25.8 Å². The standard InChI is InChI=1S/C17H19N5O2/c1-20-13-8-3-4-9-14(13)22(17(20)24)10-15(23)18-16-11-6-5-7-12(11)19-21(16)2/h3-4,8-9H,5-7,10H2,1-2H3,(H,18,23). The van der Waals surface area contributed by atoms with Crippen molar-refractivity contribution in [2.24, 2.45) is 14.1 Å². The number of rotatable bonds is 3. The lowest BCUT2D eigenvalue weighted by Crippen LogP contribution is -2.29. The van der Waals surface area contributed by atoms with Gasteiger partial charge in [-0.15, -0.1) is 0 Å². The molecule has 0 spiro atoms.